The maximum atomic E-state index is 6.06. The summed E-state index contributed by atoms with van der Waals surface area (Å²) in [4.78, 5) is 2.40. The molecule has 1 saturated heterocycles. The second-order valence-electron chi connectivity index (χ2n) is 4.88. The van der Waals surface area contributed by atoms with Crippen LogP contribution in [0.3, 0.4) is 0 Å². The van der Waals surface area contributed by atoms with Crippen LogP contribution in [0.25, 0.3) is 0 Å². The first-order valence-corrected chi connectivity index (χ1v) is 6.01. The number of hydrogen-bond donors (Lipinski definition) is 0. The van der Waals surface area contributed by atoms with Gasteiger partial charge in [-0.1, -0.05) is 29.3 Å². The molecule has 1 saturated carbocycles. The lowest BCUT2D eigenvalue weighted by Crippen LogP contribution is -2.22. The maximum absolute atomic E-state index is 6.06. The van der Waals surface area contributed by atoms with Crippen molar-refractivity contribution in [2.75, 3.05) is 20.1 Å². The summed E-state index contributed by atoms with van der Waals surface area (Å²) in [6.45, 7) is 2.38. The highest BCUT2D eigenvalue weighted by Crippen LogP contribution is 2.59. The van der Waals surface area contributed by atoms with Crippen molar-refractivity contribution >= 4 is 23.2 Å². The highest BCUT2D eigenvalue weighted by atomic mass is 35.5. The van der Waals surface area contributed by atoms with Gasteiger partial charge < -0.3 is 4.90 Å². The van der Waals surface area contributed by atoms with Crippen molar-refractivity contribution in [1.29, 1.82) is 0 Å². The second kappa shape index (κ2) is 3.13. The molecule has 2 aliphatic rings. The summed E-state index contributed by atoms with van der Waals surface area (Å²) in [5, 5.41) is 1.34. The molecule has 1 aromatic rings. The van der Waals surface area contributed by atoms with Crippen molar-refractivity contribution in [1.82, 2.24) is 4.90 Å². The summed E-state index contributed by atoms with van der Waals surface area (Å²) < 4.78 is 0. The van der Waals surface area contributed by atoms with E-state index in [9.17, 15) is 0 Å². The van der Waals surface area contributed by atoms with Gasteiger partial charge in [0.2, 0.25) is 0 Å². The van der Waals surface area contributed by atoms with E-state index in [2.05, 4.69) is 18.0 Å². The topological polar surface area (TPSA) is 3.24 Å². The predicted molar refractivity (Wildman–Crippen MR) is 63.7 cm³/mol. The molecule has 80 valence electrons. The molecule has 0 amide bonds. The number of piperidine rings is 1. The lowest BCUT2D eigenvalue weighted by atomic mass is 9.95. The van der Waals surface area contributed by atoms with Gasteiger partial charge >= 0.3 is 0 Å². The van der Waals surface area contributed by atoms with Crippen molar-refractivity contribution in [3.63, 3.8) is 0 Å². The predicted octanol–water partition coefficient (Wildman–Crippen LogP) is 3.20. The third-order valence-electron chi connectivity index (χ3n) is 3.81. The Labute approximate surface area is 100.0 Å². The first-order valence-electron chi connectivity index (χ1n) is 5.26. The Kier molecular flexibility index (Phi) is 2.08. The molecule has 1 unspecified atom stereocenters. The van der Waals surface area contributed by atoms with Crippen LogP contribution in [-0.4, -0.2) is 25.0 Å². The zero-order chi connectivity index (χ0) is 10.6. The molecule has 1 nitrogen and oxygen atoms in total. The molecular weight excluding hydrogens is 229 g/mol. The molecule has 3 rings (SSSR count). The van der Waals surface area contributed by atoms with E-state index in [1.54, 1.807) is 0 Å². The fourth-order valence-corrected chi connectivity index (χ4v) is 3.28. The quantitative estimate of drug-likeness (QED) is 0.731. The van der Waals surface area contributed by atoms with Gasteiger partial charge in [0.15, 0.2) is 0 Å². The minimum atomic E-state index is 0.392. The standard InChI is InChI=1S/C12H13Cl2N/c1-15-6-9-5-12(9,7-15)8-2-3-10(13)11(14)4-8/h2-4,9H,5-7H2,1H3/t9?,12-/m0/s1. The van der Waals surface area contributed by atoms with Crippen LogP contribution in [0.1, 0.15) is 12.0 Å². The minimum absolute atomic E-state index is 0.392. The normalized spacial score (nSPS) is 34.2. The number of rotatable bonds is 1. The molecule has 1 aliphatic heterocycles. The molecule has 15 heavy (non-hydrogen) atoms. The molecule has 1 aromatic carbocycles. The molecule has 2 atom stereocenters. The number of nitrogens with zero attached hydrogens (tertiary/aromatic N) is 1. The van der Waals surface area contributed by atoms with Crippen LogP contribution in [0.4, 0.5) is 0 Å². The van der Waals surface area contributed by atoms with Crippen LogP contribution < -0.4 is 0 Å². The average molecular weight is 242 g/mol. The number of likely N-dealkylation sites (tertiary alicyclic amines) is 1. The average Bonchev–Trinajstić information content (AvgIpc) is 2.75. The van der Waals surface area contributed by atoms with Gasteiger partial charge in [-0.05, 0) is 37.1 Å². The molecule has 1 heterocycles. The van der Waals surface area contributed by atoms with Crippen LogP contribution in [0.5, 0.6) is 0 Å². The van der Waals surface area contributed by atoms with E-state index in [1.165, 1.54) is 18.5 Å². The second-order valence-corrected chi connectivity index (χ2v) is 5.70. The van der Waals surface area contributed by atoms with Crippen molar-refractivity contribution in [2.24, 2.45) is 5.92 Å². The highest BCUT2D eigenvalue weighted by molar-refractivity contribution is 6.42. The molecule has 0 aromatic heterocycles. The Balaban J connectivity index is 1.97. The summed E-state index contributed by atoms with van der Waals surface area (Å²) in [6.07, 6.45) is 1.31. The van der Waals surface area contributed by atoms with Crippen LogP contribution in [0, 0.1) is 5.92 Å². The van der Waals surface area contributed by atoms with Crippen LogP contribution >= 0.6 is 23.2 Å². The fraction of sp³-hybridized carbons (Fsp3) is 0.500. The monoisotopic (exact) mass is 241 g/mol. The van der Waals surface area contributed by atoms with Gasteiger partial charge in [0.1, 0.15) is 0 Å². The van der Waals surface area contributed by atoms with Crippen molar-refractivity contribution in [2.45, 2.75) is 11.8 Å². The SMILES string of the molecule is CN1CC2C[C@@]2(c2ccc(Cl)c(Cl)c2)C1. The molecule has 3 heteroatoms. The Hall–Kier alpha value is -0.240. The number of likely N-dealkylation sites (N-methyl/N-ethyl adjacent to an activating group) is 1. The molecule has 0 spiro atoms. The summed E-state index contributed by atoms with van der Waals surface area (Å²) >= 11 is 12.0. The van der Waals surface area contributed by atoms with Crippen molar-refractivity contribution in [3.8, 4) is 0 Å². The van der Waals surface area contributed by atoms with E-state index in [0.29, 0.717) is 15.5 Å². The third-order valence-corrected chi connectivity index (χ3v) is 4.55. The number of fused-ring (bicyclic) bond motifs is 1. The fourth-order valence-electron chi connectivity index (χ4n) is 2.99. The van der Waals surface area contributed by atoms with E-state index in [4.69, 9.17) is 23.2 Å². The van der Waals surface area contributed by atoms with Crippen molar-refractivity contribution < 1.29 is 0 Å². The van der Waals surface area contributed by atoms with Crippen LogP contribution in [-0.2, 0) is 5.41 Å². The third kappa shape index (κ3) is 1.41. The molecule has 0 N–H and O–H groups in total. The Morgan fingerprint density at radius 2 is 2.13 bits per heavy atom. The summed E-state index contributed by atoms with van der Waals surface area (Å²) in [5.74, 6) is 0.833. The van der Waals surface area contributed by atoms with Gasteiger partial charge in [-0.25, -0.2) is 0 Å². The van der Waals surface area contributed by atoms with Gasteiger partial charge in [-0.3, -0.25) is 0 Å². The lowest BCUT2D eigenvalue weighted by molar-refractivity contribution is 0.363. The zero-order valence-corrected chi connectivity index (χ0v) is 10.1. The number of hydrogen-bond acceptors (Lipinski definition) is 1. The highest BCUT2D eigenvalue weighted by Gasteiger charge is 2.59. The first-order chi connectivity index (χ1) is 7.12. The summed E-state index contributed by atoms with van der Waals surface area (Å²) in [6, 6.07) is 6.10. The zero-order valence-electron chi connectivity index (χ0n) is 8.63. The van der Waals surface area contributed by atoms with E-state index in [1.807, 2.05) is 12.1 Å². The molecule has 0 radical (unpaired) electrons. The molecular formula is C12H13Cl2N. The van der Waals surface area contributed by atoms with E-state index >= 15 is 0 Å². The summed E-state index contributed by atoms with van der Waals surface area (Å²) in [7, 11) is 2.19. The largest absolute Gasteiger partial charge is 0.305 e. The van der Waals surface area contributed by atoms with Crippen LogP contribution in [0.2, 0.25) is 10.0 Å². The maximum Gasteiger partial charge on any atom is 0.0595 e. The molecule has 2 fully saturated rings. The molecule has 1 aliphatic carbocycles. The van der Waals surface area contributed by atoms with Crippen molar-refractivity contribution in [3.05, 3.63) is 33.8 Å². The Bertz CT molecular complexity index is 418. The van der Waals surface area contributed by atoms with Gasteiger partial charge in [0, 0.05) is 18.5 Å². The smallest absolute Gasteiger partial charge is 0.0595 e. The van der Waals surface area contributed by atoms with Gasteiger partial charge in [0.25, 0.3) is 0 Å². The van der Waals surface area contributed by atoms with E-state index in [0.717, 1.165) is 12.5 Å². The Morgan fingerprint density at radius 3 is 2.73 bits per heavy atom. The van der Waals surface area contributed by atoms with Gasteiger partial charge in [-0.2, -0.15) is 0 Å². The van der Waals surface area contributed by atoms with E-state index < -0.39 is 0 Å². The summed E-state index contributed by atoms with van der Waals surface area (Å²) in [5.41, 5.74) is 1.76. The minimum Gasteiger partial charge on any atom is -0.305 e. The van der Waals surface area contributed by atoms with Crippen LogP contribution in [0.15, 0.2) is 18.2 Å². The van der Waals surface area contributed by atoms with Gasteiger partial charge in [-0.15, -0.1) is 0 Å². The number of halogens is 2. The first kappa shape index (κ1) is 9.95. The van der Waals surface area contributed by atoms with Gasteiger partial charge in [0.05, 0.1) is 10.0 Å². The molecule has 0 bridgehead atoms. The lowest BCUT2D eigenvalue weighted by Gasteiger charge is -2.16. The van der Waals surface area contributed by atoms with E-state index in [-0.39, 0.29) is 0 Å². The number of benzene rings is 1. The Morgan fingerprint density at radius 1 is 1.33 bits per heavy atom.